The predicted molar refractivity (Wildman–Crippen MR) is 84.2 cm³/mol. The number of aliphatic imine (C=N–C) groups is 2. The van der Waals surface area contributed by atoms with E-state index in [0.29, 0.717) is 6.61 Å². The van der Waals surface area contributed by atoms with Crippen LogP contribution in [-0.2, 0) is 4.74 Å². The van der Waals surface area contributed by atoms with E-state index in [9.17, 15) is 5.11 Å². The maximum Gasteiger partial charge on any atom is 0.198 e. The van der Waals surface area contributed by atoms with Crippen LogP contribution < -0.4 is 0 Å². The number of nitrogens with zero attached hydrogens (tertiary/aromatic N) is 2. The normalized spacial score (nSPS) is 19.0. The number of hydrogen-bond donors (Lipinski definition) is 1. The summed E-state index contributed by atoms with van der Waals surface area (Å²) in [4.78, 5) is 8.69. The van der Waals surface area contributed by atoms with Crippen LogP contribution in [0.25, 0.3) is 0 Å². The lowest BCUT2D eigenvalue weighted by Gasteiger charge is -2.29. The molecule has 0 saturated heterocycles. The zero-order valence-corrected chi connectivity index (χ0v) is 13.7. The molecule has 0 bridgehead atoms. The average molecular weight is 284 g/mol. The maximum atomic E-state index is 10.3. The second-order valence-corrected chi connectivity index (χ2v) is 12.1. The van der Waals surface area contributed by atoms with Crippen LogP contribution >= 0.6 is 0 Å². The maximum absolute atomic E-state index is 10.3. The van der Waals surface area contributed by atoms with Gasteiger partial charge < -0.3 is 9.84 Å². The molecule has 1 N–H and O–H groups in total. The SMILES string of the molecule is CCCCC(O)C1(COCC[Si](C)(C)C)N=CC=N1. The van der Waals surface area contributed by atoms with E-state index in [2.05, 4.69) is 36.5 Å². The Bertz CT molecular complexity index is 312. The van der Waals surface area contributed by atoms with Crippen molar-refractivity contribution in [3.8, 4) is 0 Å². The first kappa shape index (κ1) is 16.5. The van der Waals surface area contributed by atoms with Gasteiger partial charge in [-0.15, -0.1) is 0 Å². The summed E-state index contributed by atoms with van der Waals surface area (Å²) in [5, 5.41) is 10.3. The standard InChI is InChI=1S/C14H28N2O2Si/c1-5-6-7-13(17)14(15-8-9-16-14)12-18-10-11-19(2,3)4/h8-9,13,17H,5-7,10-12H2,1-4H3. The third kappa shape index (κ3) is 5.54. The van der Waals surface area contributed by atoms with Crippen molar-refractivity contribution in [1.82, 2.24) is 0 Å². The Hall–Kier alpha value is -0.523. The number of rotatable bonds is 9. The predicted octanol–water partition coefficient (Wildman–Crippen LogP) is 2.74. The smallest absolute Gasteiger partial charge is 0.198 e. The number of hydrogen-bond acceptors (Lipinski definition) is 4. The largest absolute Gasteiger partial charge is 0.388 e. The van der Waals surface area contributed by atoms with Crippen molar-refractivity contribution in [1.29, 1.82) is 0 Å². The van der Waals surface area contributed by atoms with Crippen LogP contribution in [0.4, 0.5) is 0 Å². The average Bonchev–Trinajstić information content (AvgIpc) is 2.80. The lowest BCUT2D eigenvalue weighted by Crippen LogP contribution is -2.42. The molecule has 0 aromatic heterocycles. The Kier molecular flexibility index (Phi) is 6.36. The van der Waals surface area contributed by atoms with Crippen molar-refractivity contribution >= 4 is 20.5 Å². The molecule has 0 spiro atoms. The van der Waals surface area contributed by atoms with Gasteiger partial charge in [0.2, 0.25) is 0 Å². The van der Waals surface area contributed by atoms with Crippen molar-refractivity contribution in [3.63, 3.8) is 0 Å². The Balaban J connectivity index is 2.45. The minimum Gasteiger partial charge on any atom is -0.388 e. The second-order valence-electron chi connectivity index (χ2n) is 6.46. The number of aliphatic hydroxyl groups excluding tert-OH is 1. The van der Waals surface area contributed by atoms with Gasteiger partial charge >= 0.3 is 0 Å². The summed E-state index contributed by atoms with van der Waals surface area (Å²) < 4.78 is 5.75. The molecule has 1 atom stereocenters. The number of aliphatic hydroxyl groups is 1. The van der Waals surface area contributed by atoms with E-state index >= 15 is 0 Å². The van der Waals surface area contributed by atoms with Crippen molar-refractivity contribution in [2.75, 3.05) is 13.2 Å². The molecule has 1 aliphatic rings. The Morgan fingerprint density at radius 1 is 1.26 bits per heavy atom. The highest BCUT2D eigenvalue weighted by atomic mass is 28.3. The fourth-order valence-electron chi connectivity index (χ4n) is 1.93. The highest BCUT2D eigenvalue weighted by Gasteiger charge is 2.38. The molecule has 1 rings (SSSR count). The quantitative estimate of drug-likeness (QED) is 0.523. The highest BCUT2D eigenvalue weighted by Crippen LogP contribution is 2.25. The van der Waals surface area contributed by atoms with Gasteiger partial charge in [0.15, 0.2) is 5.66 Å². The molecular weight excluding hydrogens is 256 g/mol. The van der Waals surface area contributed by atoms with Crippen molar-refractivity contribution in [3.05, 3.63) is 0 Å². The van der Waals surface area contributed by atoms with E-state index < -0.39 is 19.8 Å². The minimum atomic E-state index is -1.07. The minimum absolute atomic E-state index is 0.384. The molecule has 0 fully saturated rings. The van der Waals surface area contributed by atoms with Gasteiger partial charge in [0, 0.05) is 27.1 Å². The molecule has 0 aliphatic carbocycles. The molecule has 0 aromatic rings. The van der Waals surface area contributed by atoms with Crippen molar-refractivity contribution in [2.24, 2.45) is 9.98 Å². The molecule has 1 unspecified atom stereocenters. The van der Waals surface area contributed by atoms with Gasteiger partial charge in [-0.25, -0.2) is 0 Å². The van der Waals surface area contributed by atoms with Gasteiger partial charge in [-0.2, -0.15) is 0 Å². The fourth-order valence-corrected chi connectivity index (χ4v) is 2.69. The molecule has 0 radical (unpaired) electrons. The summed E-state index contributed by atoms with van der Waals surface area (Å²) >= 11 is 0. The molecule has 5 heteroatoms. The van der Waals surface area contributed by atoms with Gasteiger partial charge in [-0.05, 0) is 12.5 Å². The molecule has 1 heterocycles. The monoisotopic (exact) mass is 284 g/mol. The molecule has 0 amide bonds. The molecule has 0 aromatic carbocycles. The summed E-state index contributed by atoms with van der Waals surface area (Å²) in [6, 6.07) is 1.13. The third-order valence-corrected chi connectivity index (χ3v) is 5.04. The lowest BCUT2D eigenvalue weighted by molar-refractivity contribution is 0.0140. The summed E-state index contributed by atoms with van der Waals surface area (Å²) in [6.07, 6.45) is 5.56. The van der Waals surface area contributed by atoms with E-state index in [1.807, 2.05) is 0 Å². The van der Waals surface area contributed by atoms with Gasteiger partial charge in [-0.3, -0.25) is 9.98 Å². The highest BCUT2D eigenvalue weighted by molar-refractivity contribution is 6.76. The molecular formula is C14H28N2O2Si. The van der Waals surface area contributed by atoms with Gasteiger partial charge in [0.05, 0.1) is 6.61 Å². The first-order valence-corrected chi connectivity index (χ1v) is 11.0. The summed E-state index contributed by atoms with van der Waals surface area (Å²) in [5.41, 5.74) is -0.783. The van der Waals surface area contributed by atoms with Crippen LogP contribution in [0.1, 0.15) is 26.2 Å². The van der Waals surface area contributed by atoms with E-state index in [1.165, 1.54) is 0 Å². The zero-order valence-electron chi connectivity index (χ0n) is 12.7. The number of unbranched alkanes of at least 4 members (excludes halogenated alkanes) is 1. The van der Waals surface area contributed by atoms with Crippen LogP contribution in [-0.4, -0.2) is 50.6 Å². The molecule has 4 nitrogen and oxygen atoms in total. The van der Waals surface area contributed by atoms with Crippen molar-refractivity contribution < 1.29 is 9.84 Å². The molecule has 1 aliphatic heterocycles. The molecule has 110 valence electrons. The third-order valence-electron chi connectivity index (χ3n) is 3.34. The van der Waals surface area contributed by atoms with E-state index in [0.717, 1.165) is 31.9 Å². The van der Waals surface area contributed by atoms with Gasteiger partial charge in [0.1, 0.15) is 6.10 Å². The summed E-state index contributed by atoms with van der Waals surface area (Å²) in [6.45, 7) is 10.2. The van der Waals surface area contributed by atoms with E-state index in [-0.39, 0.29) is 0 Å². The molecule has 0 saturated carbocycles. The van der Waals surface area contributed by atoms with Crippen LogP contribution in [0.3, 0.4) is 0 Å². The van der Waals surface area contributed by atoms with Crippen LogP contribution in [0, 0.1) is 0 Å². The van der Waals surface area contributed by atoms with E-state index in [4.69, 9.17) is 4.74 Å². The van der Waals surface area contributed by atoms with Crippen molar-refractivity contribution in [2.45, 2.75) is 63.6 Å². The van der Waals surface area contributed by atoms with Crippen LogP contribution in [0.2, 0.25) is 25.7 Å². The summed E-state index contributed by atoms with van der Waals surface area (Å²) in [5.74, 6) is 0. The Morgan fingerprint density at radius 2 is 1.89 bits per heavy atom. The lowest BCUT2D eigenvalue weighted by atomic mass is 10.00. The zero-order chi connectivity index (χ0) is 14.4. The molecule has 19 heavy (non-hydrogen) atoms. The van der Waals surface area contributed by atoms with Gasteiger partial charge in [-0.1, -0.05) is 39.4 Å². The number of ether oxygens (including phenoxy) is 1. The topological polar surface area (TPSA) is 54.2 Å². The fraction of sp³-hybridized carbons (Fsp3) is 0.857. The van der Waals surface area contributed by atoms with Crippen LogP contribution in [0.15, 0.2) is 9.98 Å². The first-order chi connectivity index (χ1) is 8.90. The Morgan fingerprint density at radius 3 is 2.42 bits per heavy atom. The first-order valence-electron chi connectivity index (χ1n) is 7.24. The van der Waals surface area contributed by atoms with Gasteiger partial charge in [0.25, 0.3) is 0 Å². The van der Waals surface area contributed by atoms with Crippen LogP contribution in [0.5, 0.6) is 0 Å². The van der Waals surface area contributed by atoms with E-state index in [1.54, 1.807) is 12.4 Å². The second kappa shape index (κ2) is 7.31. The summed E-state index contributed by atoms with van der Waals surface area (Å²) in [7, 11) is -1.07. The Labute approximate surface area is 118 Å².